The number of rotatable bonds is 4. The smallest absolute Gasteiger partial charge is 0.374 e. The maximum Gasteiger partial charge on any atom is 0.419 e. The minimum absolute atomic E-state index is 0.0790. The molecule has 3 fully saturated rings. The molecule has 3 N–H and O–H groups in total. The molecule has 11 heteroatoms. The van der Waals surface area contributed by atoms with Crippen LogP contribution in [-0.2, 0) is 10.9 Å². The summed E-state index contributed by atoms with van der Waals surface area (Å²) in [5.41, 5.74) is -0.134. The lowest BCUT2D eigenvalue weighted by Gasteiger charge is -2.27. The van der Waals surface area contributed by atoms with Gasteiger partial charge < -0.3 is 25.3 Å². The van der Waals surface area contributed by atoms with E-state index in [1.807, 2.05) is 12.1 Å². The van der Waals surface area contributed by atoms with Crippen LogP contribution >= 0.6 is 0 Å². The van der Waals surface area contributed by atoms with Crippen molar-refractivity contribution in [2.45, 2.75) is 43.6 Å². The van der Waals surface area contributed by atoms with Gasteiger partial charge in [0.1, 0.15) is 17.0 Å². The summed E-state index contributed by atoms with van der Waals surface area (Å²) < 4.78 is 47.1. The second-order valence-corrected chi connectivity index (χ2v) is 8.91. The number of alkyl halides is 3. The van der Waals surface area contributed by atoms with Crippen LogP contribution in [0.25, 0.3) is 22.3 Å². The van der Waals surface area contributed by atoms with Gasteiger partial charge in [-0.25, -0.2) is 15.0 Å². The number of morpholine rings is 1. The van der Waals surface area contributed by atoms with E-state index in [9.17, 15) is 13.2 Å². The third-order valence-corrected chi connectivity index (χ3v) is 6.70. The molecule has 3 aliphatic rings. The predicted octanol–water partition coefficient (Wildman–Crippen LogP) is 3.18. The first-order valence-corrected chi connectivity index (χ1v) is 11.2. The van der Waals surface area contributed by atoms with E-state index in [1.54, 1.807) is 6.20 Å². The molecule has 0 aliphatic carbocycles. The van der Waals surface area contributed by atoms with Crippen molar-refractivity contribution >= 4 is 22.8 Å². The number of halogens is 3. The number of piperidine rings is 1. The van der Waals surface area contributed by atoms with Crippen LogP contribution < -0.4 is 15.5 Å². The number of ether oxygens (including phenoxy) is 1. The van der Waals surface area contributed by atoms with Gasteiger partial charge in [-0.15, -0.1) is 0 Å². The zero-order valence-electron chi connectivity index (χ0n) is 17.8. The summed E-state index contributed by atoms with van der Waals surface area (Å²) in [6.07, 6.45) is 0.950. The van der Waals surface area contributed by atoms with Crippen molar-refractivity contribution in [1.82, 2.24) is 25.3 Å². The minimum Gasteiger partial charge on any atom is -0.374 e. The number of hydrogen-bond acceptors (Lipinski definition) is 7. The fraction of sp³-hybridized carbons (Fsp3) is 0.500. The van der Waals surface area contributed by atoms with Crippen LogP contribution in [0.2, 0.25) is 0 Å². The fourth-order valence-electron chi connectivity index (χ4n) is 5.05. The molecule has 0 amide bonds. The van der Waals surface area contributed by atoms with Crippen molar-refractivity contribution < 1.29 is 17.9 Å². The summed E-state index contributed by atoms with van der Waals surface area (Å²) in [7, 11) is 0. The summed E-state index contributed by atoms with van der Waals surface area (Å²) in [5, 5.41) is 7.04. The molecular weight excluding hydrogens is 435 g/mol. The highest BCUT2D eigenvalue weighted by Gasteiger charge is 2.40. The lowest BCUT2D eigenvalue weighted by molar-refractivity contribution is -0.137. The van der Waals surface area contributed by atoms with Gasteiger partial charge in [0, 0.05) is 42.5 Å². The molecule has 2 bridgehead atoms. The van der Waals surface area contributed by atoms with Crippen LogP contribution in [0.3, 0.4) is 0 Å². The Morgan fingerprint density at radius 3 is 2.85 bits per heavy atom. The Morgan fingerprint density at radius 2 is 2.12 bits per heavy atom. The lowest BCUT2D eigenvalue weighted by atomic mass is 10.1. The molecule has 3 aromatic rings. The fourth-order valence-corrected chi connectivity index (χ4v) is 5.05. The molecule has 0 spiro atoms. The summed E-state index contributed by atoms with van der Waals surface area (Å²) in [5.74, 6) is 0.997. The number of aromatic nitrogens is 4. The van der Waals surface area contributed by atoms with Crippen molar-refractivity contribution in [3.8, 4) is 11.3 Å². The van der Waals surface area contributed by atoms with Gasteiger partial charge in [-0.3, -0.25) is 0 Å². The molecule has 8 nitrogen and oxygen atoms in total. The normalized spacial score (nSPS) is 25.2. The highest BCUT2D eigenvalue weighted by atomic mass is 19.4. The van der Waals surface area contributed by atoms with Gasteiger partial charge in [0.2, 0.25) is 5.95 Å². The molecule has 0 aromatic carbocycles. The van der Waals surface area contributed by atoms with Gasteiger partial charge in [0.25, 0.3) is 0 Å². The van der Waals surface area contributed by atoms with Crippen LogP contribution in [-0.4, -0.2) is 64.4 Å². The van der Waals surface area contributed by atoms with Crippen molar-refractivity contribution in [2.24, 2.45) is 0 Å². The Morgan fingerprint density at radius 1 is 1.21 bits per heavy atom. The van der Waals surface area contributed by atoms with Crippen molar-refractivity contribution in [3.05, 3.63) is 30.1 Å². The number of anilines is 2. The highest BCUT2D eigenvalue weighted by molar-refractivity contribution is 5.94. The number of aromatic amines is 1. The third kappa shape index (κ3) is 3.78. The van der Waals surface area contributed by atoms with Crippen LogP contribution in [0.15, 0.2) is 24.5 Å². The van der Waals surface area contributed by atoms with E-state index in [1.165, 1.54) is 0 Å². The maximum absolute atomic E-state index is 13.8. The molecule has 1 unspecified atom stereocenters. The molecule has 3 atom stereocenters. The lowest BCUT2D eigenvalue weighted by Crippen LogP contribution is -2.38. The quantitative estimate of drug-likeness (QED) is 0.552. The first kappa shape index (κ1) is 20.7. The average Bonchev–Trinajstić information content (AvgIpc) is 3.54. The monoisotopic (exact) mass is 459 g/mol. The van der Waals surface area contributed by atoms with Gasteiger partial charge in [0.05, 0.1) is 24.4 Å². The summed E-state index contributed by atoms with van der Waals surface area (Å²) in [4.78, 5) is 18.2. The number of H-pyrrole nitrogens is 1. The summed E-state index contributed by atoms with van der Waals surface area (Å²) in [6.45, 7) is 3.13. The first-order valence-electron chi connectivity index (χ1n) is 11.2. The molecule has 3 aromatic heterocycles. The zero-order valence-corrected chi connectivity index (χ0v) is 17.8. The Hall–Kier alpha value is -2.92. The second kappa shape index (κ2) is 7.84. The molecule has 174 valence electrons. The molecular formula is C22H24F3N7O. The summed E-state index contributed by atoms with van der Waals surface area (Å²) in [6, 6.07) is 4.06. The van der Waals surface area contributed by atoms with Crippen LogP contribution in [0, 0.1) is 0 Å². The minimum atomic E-state index is -4.58. The van der Waals surface area contributed by atoms with Crippen molar-refractivity contribution in [3.63, 3.8) is 0 Å². The number of nitrogens with zero attached hydrogens (tertiary/aromatic N) is 4. The second-order valence-electron chi connectivity index (χ2n) is 8.91. The Labute approximate surface area is 188 Å². The molecule has 3 saturated heterocycles. The molecule has 3 aliphatic heterocycles. The average molecular weight is 459 g/mol. The van der Waals surface area contributed by atoms with Crippen LogP contribution in [0.4, 0.5) is 24.9 Å². The highest BCUT2D eigenvalue weighted by Crippen LogP contribution is 2.39. The zero-order chi connectivity index (χ0) is 22.6. The summed E-state index contributed by atoms with van der Waals surface area (Å²) >= 11 is 0. The van der Waals surface area contributed by atoms with Gasteiger partial charge in [-0.1, -0.05) is 0 Å². The van der Waals surface area contributed by atoms with E-state index >= 15 is 0 Å². The van der Waals surface area contributed by atoms with E-state index < -0.39 is 11.7 Å². The topological polar surface area (TPSA) is 91.0 Å². The number of pyridine rings is 1. The van der Waals surface area contributed by atoms with Gasteiger partial charge in [-0.2, -0.15) is 13.2 Å². The Bertz CT molecular complexity index is 1170. The number of nitrogens with one attached hydrogen (secondary N) is 3. The first-order chi connectivity index (χ1) is 16.0. The van der Waals surface area contributed by atoms with Crippen LogP contribution in [0.1, 0.15) is 24.8 Å². The predicted molar refractivity (Wildman–Crippen MR) is 117 cm³/mol. The molecule has 0 radical (unpaired) electrons. The van der Waals surface area contributed by atoms with Gasteiger partial charge in [0.15, 0.2) is 0 Å². The maximum atomic E-state index is 13.8. The molecule has 6 rings (SSSR count). The number of hydrogen-bond donors (Lipinski definition) is 3. The van der Waals surface area contributed by atoms with Crippen molar-refractivity contribution in [1.29, 1.82) is 0 Å². The SMILES string of the molecule is FC(F)(F)c1cnc(NC2CCCNC2)nc1-c1c[nH]c2nc(N3C[C@H]4C[C@@H]3CO4)ccc12. The van der Waals surface area contributed by atoms with E-state index in [0.717, 1.165) is 50.9 Å². The van der Waals surface area contributed by atoms with Crippen molar-refractivity contribution in [2.75, 3.05) is 36.5 Å². The van der Waals surface area contributed by atoms with Crippen LogP contribution in [0.5, 0.6) is 0 Å². The number of fused-ring (bicyclic) bond motifs is 3. The Kier molecular flexibility index (Phi) is 4.91. The van der Waals surface area contributed by atoms with E-state index in [2.05, 4.69) is 30.5 Å². The van der Waals surface area contributed by atoms with E-state index in [-0.39, 0.29) is 23.8 Å². The third-order valence-electron chi connectivity index (χ3n) is 6.70. The molecule has 0 saturated carbocycles. The van der Waals surface area contributed by atoms with Gasteiger partial charge in [-0.05, 0) is 37.9 Å². The van der Waals surface area contributed by atoms with E-state index in [0.29, 0.717) is 29.2 Å². The largest absolute Gasteiger partial charge is 0.419 e. The van der Waals surface area contributed by atoms with E-state index in [4.69, 9.17) is 9.72 Å². The molecule has 33 heavy (non-hydrogen) atoms. The Balaban J connectivity index is 1.37. The molecule has 6 heterocycles. The van der Waals surface area contributed by atoms with Gasteiger partial charge >= 0.3 is 6.18 Å². The standard InChI is InChI=1S/C22H24F3N7O/c23-22(24,25)17-9-28-21(29-12-2-1-5-26-7-12)31-19(17)16-8-27-20-15(16)3-4-18(30-20)32-10-14-6-13(32)11-33-14/h3-4,8-9,12-14,26H,1-2,5-7,10-11H2,(H,27,30)(H,28,29,31)/t12?,13-,14-/m1/s1.